The molecule has 4 rings (SSSR count). The van der Waals surface area contributed by atoms with Crippen LogP contribution in [0.5, 0.6) is 11.5 Å². The van der Waals surface area contributed by atoms with E-state index in [0.717, 1.165) is 50.2 Å². The first kappa shape index (κ1) is 47.0. The van der Waals surface area contributed by atoms with E-state index in [-0.39, 0.29) is 67.5 Å². The maximum atomic E-state index is 12.1. The summed E-state index contributed by atoms with van der Waals surface area (Å²) in [4.78, 5) is 23.5. The number of hydrogen-bond donors (Lipinski definition) is 4. The molecule has 22 heteroatoms. The number of amides is 2. The zero-order chi connectivity index (χ0) is 38.6. The molecule has 0 atom stereocenters. The zero-order valence-electron chi connectivity index (χ0n) is 28.4. The Balaban J connectivity index is 0.000000521. The molecular formula is C32H28CoN8NaO10S2. The van der Waals surface area contributed by atoms with Gasteiger partial charge in [0.2, 0.25) is 20.0 Å². The zero-order valence-corrected chi connectivity index (χ0v) is 33.1. The summed E-state index contributed by atoms with van der Waals surface area (Å²) in [5.74, 6) is -4.44. The van der Waals surface area contributed by atoms with E-state index in [1.807, 2.05) is 0 Å². The molecule has 0 spiro atoms. The van der Waals surface area contributed by atoms with Crippen molar-refractivity contribution in [1.82, 2.24) is 0 Å². The Morgan fingerprint density at radius 3 is 1.17 bits per heavy atom. The molecule has 0 aromatic heterocycles. The topological polar surface area (TPSA) is 320 Å². The van der Waals surface area contributed by atoms with Crippen molar-refractivity contribution in [3.05, 3.63) is 120 Å². The fourth-order valence-corrected chi connectivity index (χ4v) is 4.75. The fraction of sp³-hybridized carbons (Fsp3) is 0.0625. The molecule has 278 valence electrons. The van der Waals surface area contributed by atoms with Crippen molar-refractivity contribution in [1.29, 1.82) is 0 Å². The number of nitrogens with zero attached hydrogens (tertiary/aromatic N) is 4. The average Bonchev–Trinajstić information content (AvgIpc) is 3.06. The van der Waals surface area contributed by atoms with E-state index in [2.05, 4.69) is 31.1 Å². The van der Waals surface area contributed by atoms with Crippen molar-refractivity contribution < 1.29 is 93.2 Å². The van der Waals surface area contributed by atoms with Gasteiger partial charge in [0.25, 0.3) is 11.8 Å². The van der Waals surface area contributed by atoms with Crippen molar-refractivity contribution in [3.63, 3.8) is 0 Å². The third kappa shape index (κ3) is 14.5. The number of rotatable bonds is 10. The number of primary sulfonamides is 2. The van der Waals surface area contributed by atoms with Crippen LogP contribution in [0.2, 0.25) is 0 Å². The van der Waals surface area contributed by atoms with Crippen LogP contribution in [0.1, 0.15) is 13.8 Å². The van der Waals surface area contributed by atoms with Gasteiger partial charge in [-0.3, -0.25) is 9.59 Å². The minimum atomic E-state index is -4.03. The molecule has 6 N–H and O–H groups in total. The second-order valence-electron chi connectivity index (χ2n) is 10.2. The normalized spacial score (nSPS) is 12.2. The van der Waals surface area contributed by atoms with E-state index in [0.29, 0.717) is 11.4 Å². The minimum absolute atomic E-state index is 0. The fourth-order valence-electron chi connectivity index (χ4n) is 3.69. The van der Waals surface area contributed by atoms with Crippen LogP contribution in [0.3, 0.4) is 0 Å². The van der Waals surface area contributed by atoms with Crippen molar-refractivity contribution in [2.24, 2.45) is 30.7 Å². The first-order valence-corrected chi connectivity index (χ1v) is 17.5. The molecule has 0 fully saturated rings. The Kier molecular flexibility index (Phi) is 18.3. The maximum Gasteiger partial charge on any atom is 3.00 e. The predicted octanol–water partition coefficient (Wildman–Crippen LogP) is -1.55. The minimum Gasteiger partial charge on any atom is -0.874 e. The van der Waals surface area contributed by atoms with E-state index in [4.69, 9.17) is 10.3 Å². The summed E-state index contributed by atoms with van der Waals surface area (Å²) in [6.07, 6.45) is 0. The van der Waals surface area contributed by atoms with Gasteiger partial charge in [-0.2, -0.15) is 10.2 Å². The summed E-state index contributed by atoms with van der Waals surface area (Å²) >= 11 is 0. The Morgan fingerprint density at radius 1 is 0.593 bits per heavy atom. The summed E-state index contributed by atoms with van der Waals surface area (Å²) < 4.78 is 44.8. The molecule has 18 nitrogen and oxygen atoms in total. The molecule has 0 aliphatic carbocycles. The smallest absolute Gasteiger partial charge is 0.874 e. The number of allylic oxidation sites excluding steroid dienone is 2. The number of para-hydroxylation sites is 2. The standard InChI is InChI=1S/2C16H16N4O5S.Co.Na/c2*1-10(21)15(16(23)18-11-5-3-2-4-6-11)20-19-13-8-7-12(9-14(13)22)26(17,24)25;;/h2*2-9,21-22H,1H3,(H,18,23)(H2,17,24,25);;/q;;+3;+1/p-4/b2*15-10-,20-19?;;. The molecule has 4 aromatic carbocycles. The van der Waals surface area contributed by atoms with Gasteiger partial charge in [-0.1, -0.05) is 61.7 Å². The number of sulfonamides is 2. The van der Waals surface area contributed by atoms with Crippen LogP contribution in [0.15, 0.2) is 150 Å². The van der Waals surface area contributed by atoms with E-state index in [1.165, 1.54) is 0 Å². The molecule has 0 aliphatic rings. The van der Waals surface area contributed by atoms with Gasteiger partial charge < -0.3 is 31.1 Å². The SMILES string of the molecule is C/C([O-])=C(/N=Nc1ccc(S(N)(=O)=O)cc1[O-])C(=O)Nc1ccccc1.C/C([O-])=C(/N=Nc1ccc(S(N)(=O)=O)cc1[O-])C(=O)Nc1ccccc1.[Co+3].[Na+]. The number of azo groups is 2. The second-order valence-corrected chi connectivity index (χ2v) is 13.3. The second kappa shape index (κ2) is 21.1. The van der Waals surface area contributed by atoms with E-state index in [9.17, 15) is 46.9 Å². The van der Waals surface area contributed by atoms with Crippen LogP contribution in [0, 0.1) is 0 Å². The summed E-state index contributed by atoms with van der Waals surface area (Å²) in [6, 6.07) is 22.6. The van der Waals surface area contributed by atoms with Gasteiger partial charge in [-0.15, -0.1) is 21.7 Å². The summed E-state index contributed by atoms with van der Waals surface area (Å²) in [5.41, 5.74) is -0.609. The van der Waals surface area contributed by atoms with E-state index < -0.39 is 66.3 Å². The molecule has 4 aromatic rings. The van der Waals surface area contributed by atoms with Gasteiger partial charge in [-0.05, 0) is 60.7 Å². The van der Waals surface area contributed by atoms with Crippen molar-refractivity contribution in [2.45, 2.75) is 23.6 Å². The average molecular weight is 831 g/mol. The Morgan fingerprint density at radius 2 is 0.907 bits per heavy atom. The van der Waals surface area contributed by atoms with Crippen LogP contribution >= 0.6 is 0 Å². The third-order valence-electron chi connectivity index (χ3n) is 6.20. The molecule has 54 heavy (non-hydrogen) atoms. The van der Waals surface area contributed by atoms with Gasteiger partial charge in [0.1, 0.15) is 11.4 Å². The number of benzene rings is 4. The Hall–Kier alpha value is -4.97. The quantitative estimate of drug-likeness (QED) is 0.0617. The van der Waals surface area contributed by atoms with Crippen molar-refractivity contribution >= 4 is 54.6 Å². The number of nitrogens with one attached hydrogen (secondary N) is 2. The van der Waals surface area contributed by atoms with Crippen LogP contribution in [0.25, 0.3) is 0 Å². The van der Waals surface area contributed by atoms with E-state index >= 15 is 0 Å². The molecule has 0 radical (unpaired) electrons. The maximum absolute atomic E-state index is 12.1. The van der Waals surface area contributed by atoms with Crippen LogP contribution in [0.4, 0.5) is 22.7 Å². The number of carbonyl (C=O) groups is 2. The molecular weight excluding hydrogens is 802 g/mol. The molecule has 0 saturated carbocycles. The molecule has 0 heterocycles. The van der Waals surface area contributed by atoms with Crippen molar-refractivity contribution in [3.8, 4) is 11.5 Å². The molecule has 0 saturated heterocycles. The molecule has 2 amide bonds. The number of hydrogen-bond acceptors (Lipinski definition) is 14. The Labute approximate surface area is 342 Å². The molecule has 0 aliphatic heterocycles. The van der Waals surface area contributed by atoms with Gasteiger partial charge in [0, 0.05) is 11.4 Å². The van der Waals surface area contributed by atoms with Gasteiger partial charge in [0.05, 0.1) is 21.2 Å². The summed E-state index contributed by atoms with van der Waals surface area (Å²) in [7, 11) is -8.06. The number of anilines is 2. The largest absolute Gasteiger partial charge is 3.00 e. The first-order chi connectivity index (χ1) is 24.4. The van der Waals surface area contributed by atoms with Crippen LogP contribution in [-0.2, 0) is 46.4 Å². The van der Waals surface area contributed by atoms with Crippen LogP contribution in [-0.4, -0.2) is 28.6 Å². The number of nitrogens with two attached hydrogens (primary N) is 2. The van der Waals surface area contributed by atoms with Crippen molar-refractivity contribution in [2.75, 3.05) is 10.6 Å². The summed E-state index contributed by atoms with van der Waals surface area (Å²) in [6.45, 7) is 2.25. The van der Waals surface area contributed by atoms with Crippen LogP contribution < -0.4 is 70.9 Å². The third-order valence-corrected chi connectivity index (χ3v) is 8.02. The van der Waals surface area contributed by atoms with E-state index in [1.54, 1.807) is 60.7 Å². The monoisotopic (exact) mass is 830 g/mol. The predicted molar refractivity (Wildman–Crippen MR) is 179 cm³/mol. The number of carbonyl (C=O) groups excluding carboxylic acids is 2. The Bertz CT molecular complexity index is 2140. The van der Waals surface area contributed by atoms with Gasteiger partial charge >= 0.3 is 46.3 Å². The molecule has 0 bridgehead atoms. The van der Waals surface area contributed by atoms with Gasteiger partial charge in [0.15, 0.2) is 0 Å². The van der Waals surface area contributed by atoms with Gasteiger partial charge in [-0.25, -0.2) is 27.1 Å². The first-order valence-electron chi connectivity index (χ1n) is 14.4. The summed E-state index contributed by atoms with van der Waals surface area (Å²) in [5, 5.41) is 76.0. The molecule has 0 unspecified atom stereocenters.